The Morgan fingerprint density at radius 1 is 1.53 bits per heavy atom. The molecule has 0 aromatic carbocycles. The van der Waals surface area contributed by atoms with Crippen molar-refractivity contribution < 1.29 is 0 Å². The van der Waals surface area contributed by atoms with Crippen LogP contribution in [-0.4, -0.2) is 9.97 Å². The SMILES string of the molecule is Cc1csc(CNc2ccncc2Cl)n1. The fourth-order valence-corrected chi connectivity index (χ4v) is 2.07. The minimum absolute atomic E-state index is 0.630. The van der Waals surface area contributed by atoms with Crippen molar-refractivity contribution in [1.29, 1.82) is 0 Å². The van der Waals surface area contributed by atoms with Gasteiger partial charge in [-0.15, -0.1) is 11.3 Å². The minimum atomic E-state index is 0.630. The summed E-state index contributed by atoms with van der Waals surface area (Å²) in [5, 5.41) is 6.94. The summed E-state index contributed by atoms with van der Waals surface area (Å²) in [6.07, 6.45) is 3.33. The van der Waals surface area contributed by atoms with E-state index in [2.05, 4.69) is 15.3 Å². The highest BCUT2D eigenvalue weighted by Crippen LogP contribution is 2.20. The fourth-order valence-electron chi connectivity index (χ4n) is 1.17. The average molecular weight is 240 g/mol. The lowest BCUT2D eigenvalue weighted by atomic mass is 10.4. The van der Waals surface area contributed by atoms with Crippen LogP contribution in [0, 0.1) is 6.92 Å². The van der Waals surface area contributed by atoms with Gasteiger partial charge in [0.05, 0.1) is 17.3 Å². The molecule has 2 aromatic rings. The van der Waals surface area contributed by atoms with Crippen LogP contribution in [0.1, 0.15) is 10.7 Å². The molecule has 0 spiro atoms. The van der Waals surface area contributed by atoms with Crippen molar-refractivity contribution >= 4 is 28.6 Å². The molecule has 3 nitrogen and oxygen atoms in total. The molecule has 0 bridgehead atoms. The molecule has 5 heteroatoms. The summed E-state index contributed by atoms with van der Waals surface area (Å²) in [7, 11) is 0. The van der Waals surface area contributed by atoms with Crippen molar-refractivity contribution in [3.63, 3.8) is 0 Å². The third-order valence-corrected chi connectivity index (χ3v) is 3.14. The van der Waals surface area contributed by atoms with E-state index in [1.54, 1.807) is 23.7 Å². The van der Waals surface area contributed by atoms with Crippen LogP contribution in [0.5, 0.6) is 0 Å². The number of nitrogens with one attached hydrogen (secondary N) is 1. The van der Waals surface area contributed by atoms with Gasteiger partial charge in [0.25, 0.3) is 0 Å². The van der Waals surface area contributed by atoms with Gasteiger partial charge in [-0.25, -0.2) is 4.98 Å². The quantitative estimate of drug-likeness (QED) is 0.895. The van der Waals surface area contributed by atoms with Crippen molar-refractivity contribution in [3.8, 4) is 0 Å². The molecule has 0 saturated heterocycles. The zero-order chi connectivity index (χ0) is 10.7. The maximum atomic E-state index is 5.95. The van der Waals surface area contributed by atoms with Gasteiger partial charge in [-0.05, 0) is 13.0 Å². The lowest BCUT2D eigenvalue weighted by Crippen LogP contribution is -1.99. The summed E-state index contributed by atoms with van der Waals surface area (Å²) in [4.78, 5) is 8.27. The first kappa shape index (κ1) is 10.4. The van der Waals surface area contributed by atoms with E-state index in [1.807, 2.05) is 18.4 Å². The van der Waals surface area contributed by atoms with E-state index >= 15 is 0 Å². The first-order valence-corrected chi connectivity index (χ1v) is 5.76. The van der Waals surface area contributed by atoms with Gasteiger partial charge in [0.15, 0.2) is 0 Å². The second-order valence-electron chi connectivity index (χ2n) is 3.09. The summed E-state index contributed by atoms with van der Waals surface area (Å²) >= 11 is 7.60. The zero-order valence-corrected chi connectivity index (χ0v) is 9.77. The number of aryl methyl sites for hydroxylation is 1. The van der Waals surface area contributed by atoms with Crippen LogP contribution >= 0.6 is 22.9 Å². The van der Waals surface area contributed by atoms with Crippen LogP contribution in [0.3, 0.4) is 0 Å². The molecule has 0 saturated carbocycles. The van der Waals surface area contributed by atoms with E-state index in [9.17, 15) is 0 Å². The molecule has 0 atom stereocenters. The highest BCUT2D eigenvalue weighted by molar-refractivity contribution is 7.09. The Kier molecular flexibility index (Phi) is 3.18. The van der Waals surface area contributed by atoms with Crippen LogP contribution < -0.4 is 5.32 Å². The van der Waals surface area contributed by atoms with Gasteiger partial charge in [0.2, 0.25) is 0 Å². The molecule has 0 aliphatic heterocycles. The van der Waals surface area contributed by atoms with Crippen molar-refractivity contribution in [1.82, 2.24) is 9.97 Å². The number of rotatable bonds is 3. The molecule has 15 heavy (non-hydrogen) atoms. The van der Waals surface area contributed by atoms with E-state index < -0.39 is 0 Å². The summed E-state index contributed by atoms with van der Waals surface area (Å²) < 4.78 is 0. The molecular weight excluding hydrogens is 230 g/mol. The van der Waals surface area contributed by atoms with Crippen LogP contribution in [-0.2, 0) is 6.54 Å². The van der Waals surface area contributed by atoms with Gasteiger partial charge in [-0.3, -0.25) is 4.98 Å². The molecule has 0 amide bonds. The molecule has 0 fully saturated rings. The Morgan fingerprint density at radius 3 is 3.07 bits per heavy atom. The highest BCUT2D eigenvalue weighted by Gasteiger charge is 2.01. The highest BCUT2D eigenvalue weighted by atomic mass is 35.5. The summed E-state index contributed by atoms with van der Waals surface area (Å²) in [5.74, 6) is 0. The first-order valence-electron chi connectivity index (χ1n) is 4.50. The monoisotopic (exact) mass is 239 g/mol. The smallest absolute Gasteiger partial charge is 0.112 e. The van der Waals surface area contributed by atoms with Crippen LogP contribution in [0.2, 0.25) is 5.02 Å². The summed E-state index contributed by atoms with van der Waals surface area (Å²) in [6, 6.07) is 1.85. The minimum Gasteiger partial charge on any atom is -0.377 e. The fraction of sp³-hybridized carbons (Fsp3) is 0.200. The van der Waals surface area contributed by atoms with Crippen molar-refractivity contribution in [2.75, 3.05) is 5.32 Å². The molecule has 0 aliphatic rings. The molecule has 1 N–H and O–H groups in total. The Hall–Kier alpha value is -1.13. The normalized spacial score (nSPS) is 10.3. The third-order valence-electron chi connectivity index (χ3n) is 1.87. The molecular formula is C10H10ClN3S. The van der Waals surface area contributed by atoms with Crippen LogP contribution in [0.4, 0.5) is 5.69 Å². The van der Waals surface area contributed by atoms with Gasteiger partial charge in [0.1, 0.15) is 5.01 Å². The largest absolute Gasteiger partial charge is 0.377 e. The average Bonchev–Trinajstić information content (AvgIpc) is 2.63. The number of nitrogens with zero attached hydrogens (tertiary/aromatic N) is 2. The lowest BCUT2D eigenvalue weighted by molar-refractivity contribution is 1.07. The summed E-state index contributed by atoms with van der Waals surface area (Å²) in [5.41, 5.74) is 1.94. The number of aromatic nitrogens is 2. The Labute approximate surface area is 97.2 Å². The Bertz CT molecular complexity index is 455. The number of hydrogen-bond donors (Lipinski definition) is 1. The number of halogens is 1. The van der Waals surface area contributed by atoms with Gasteiger partial charge < -0.3 is 5.32 Å². The van der Waals surface area contributed by atoms with Crippen molar-refractivity contribution in [3.05, 3.63) is 39.6 Å². The molecule has 0 unspecified atom stereocenters. The van der Waals surface area contributed by atoms with Crippen LogP contribution in [0.25, 0.3) is 0 Å². The molecule has 2 aromatic heterocycles. The second-order valence-corrected chi connectivity index (χ2v) is 4.44. The first-order chi connectivity index (χ1) is 7.25. The second kappa shape index (κ2) is 4.59. The van der Waals surface area contributed by atoms with E-state index in [0.29, 0.717) is 11.6 Å². The third kappa shape index (κ3) is 2.67. The van der Waals surface area contributed by atoms with E-state index in [-0.39, 0.29) is 0 Å². The van der Waals surface area contributed by atoms with Crippen molar-refractivity contribution in [2.45, 2.75) is 13.5 Å². The lowest BCUT2D eigenvalue weighted by Gasteiger charge is -2.04. The van der Waals surface area contributed by atoms with Gasteiger partial charge >= 0.3 is 0 Å². The summed E-state index contributed by atoms with van der Waals surface area (Å²) in [6.45, 7) is 2.68. The van der Waals surface area contributed by atoms with E-state index in [1.165, 1.54) is 0 Å². The van der Waals surface area contributed by atoms with Crippen molar-refractivity contribution in [2.24, 2.45) is 0 Å². The Morgan fingerprint density at radius 2 is 2.40 bits per heavy atom. The van der Waals surface area contributed by atoms with Gasteiger partial charge in [-0.1, -0.05) is 11.6 Å². The zero-order valence-electron chi connectivity index (χ0n) is 8.20. The maximum absolute atomic E-state index is 5.95. The predicted octanol–water partition coefficient (Wildman–Crippen LogP) is 3.11. The van der Waals surface area contributed by atoms with Gasteiger partial charge in [-0.2, -0.15) is 0 Å². The maximum Gasteiger partial charge on any atom is 0.112 e. The number of pyridine rings is 1. The van der Waals surface area contributed by atoms with E-state index in [4.69, 9.17) is 11.6 Å². The number of hydrogen-bond acceptors (Lipinski definition) is 4. The van der Waals surface area contributed by atoms with E-state index in [0.717, 1.165) is 16.4 Å². The Balaban J connectivity index is 2.02. The molecule has 2 heterocycles. The topological polar surface area (TPSA) is 37.8 Å². The number of anilines is 1. The standard InChI is InChI=1S/C10H10ClN3S/c1-7-6-15-10(14-7)5-13-9-2-3-12-4-8(9)11/h2-4,6H,5H2,1H3,(H,12,13). The molecule has 0 aliphatic carbocycles. The molecule has 78 valence electrons. The predicted molar refractivity (Wildman–Crippen MR) is 63.4 cm³/mol. The molecule has 0 radical (unpaired) electrons. The van der Waals surface area contributed by atoms with Crippen LogP contribution in [0.15, 0.2) is 23.8 Å². The number of thiazole rings is 1. The van der Waals surface area contributed by atoms with Gasteiger partial charge in [0, 0.05) is 23.5 Å². The molecule has 2 rings (SSSR count).